The molecule has 0 aliphatic heterocycles. The molecule has 0 aliphatic rings. The van der Waals surface area contributed by atoms with Gasteiger partial charge in [-0.1, -0.05) is 41.9 Å². The number of ether oxygens (including phenoxy) is 1. The molecule has 41 heavy (non-hydrogen) atoms. The molecule has 0 unspecified atom stereocenters. The lowest BCUT2D eigenvalue weighted by atomic mass is 10.0. The molecule has 12 heteroatoms. The molecule has 214 valence electrons. The zero-order valence-electron chi connectivity index (χ0n) is 21.9. The largest absolute Gasteiger partial charge is 0.497 e. The van der Waals surface area contributed by atoms with E-state index in [4.69, 9.17) is 16.3 Å². The highest BCUT2D eigenvalue weighted by Crippen LogP contribution is 2.34. The van der Waals surface area contributed by atoms with Gasteiger partial charge in [0.05, 0.1) is 24.6 Å². The van der Waals surface area contributed by atoms with Crippen LogP contribution in [0, 0.1) is 0 Å². The summed E-state index contributed by atoms with van der Waals surface area (Å²) in [5, 5.41) is 12.5. The fourth-order valence-electron chi connectivity index (χ4n) is 4.09. The molecule has 1 aromatic heterocycles. The van der Waals surface area contributed by atoms with Crippen LogP contribution < -0.4 is 20.7 Å². The van der Waals surface area contributed by atoms with Gasteiger partial charge in [-0.05, 0) is 54.1 Å². The van der Waals surface area contributed by atoms with Crippen molar-refractivity contribution in [3.05, 3.63) is 107 Å². The first-order valence-electron chi connectivity index (χ1n) is 12.6. The van der Waals surface area contributed by atoms with Crippen LogP contribution in [0.4, 0.5) is 18.9 Å². The van der Waals surface area contributed by atoms with Gasteiger partial charge < -0.3 is 20.7 Å². The zero-order valence-corrected chi connectivity index (χ0v) is 22.7. The maximum atomic E-state index is 14.1. The summed E-state index contributed by atoms with van der Waals surface area (Å²) in [5.74, 6) is -0.918. The summed E-state index contributed by atoms with van der Waals surface area (Å²) in [5.41, 5.74) is -0.369. The molecule has 8 nitrogen and oxygen atoms in total. The van der Waals surface area contributed by atoms with E-state index in [1.54, 1.807) is 49.6 Å². The lowest BCUT2D eigenvalue weighted by Gasteiger charge is -2.20. The number of benzene rings is 3. The minimum absolute atomic E-state index is 0.0665. The number of hydrogen-bond acceptors (Lipinski definition) is 5. The van der Waals surface area contributed by atoms with Gasteiger partial charge in [0.25, 0.3) is 5.91 Å². The molecule has 0 saturated carbocycles. The molecule has 0 radical (unpaired) electrons. The highest BCUT2D eigenvalue weighted by atomic mass is 35.5. The quantitative estimate of drug-likeness (QED) is 0.212. The Bertz CT molecular complexity index is 1460. The molecule has 3 N–H and O–H groups in total. The van der Waals surface area contributed by atoms with Gasteiger partial charge in [0, 0.05) is 30.2 Å². The van der Waals surface area contributed by atoms with Crippen LogP contribution in [-0.4, -0.2) is 47.8 Å². The van der Waals surface area contributed by atoms with Gasteiger partial charge in [-0.15, -0.1) is 0 Å². The second kappa shape index (κ2) is 13.2. The average molecular weight is 586 g/mol. The summed E-state index contributed by atoms with van der Waals surface area (Å²) in [6.45, 7) is 0.574. The predicted octanol–water partition coefficient (Wildman–Crippen LogP) is 5.12. The number of nitrogens with one attached hydrogen (secondary N) is 3. The van der Waals surface area contributed by atoms with E-state index in [-0.39, 0.29) is 18.7 Å². The normalized spacial score (nSPS) is 11.9. The van der Waals surface area contributed by atoms with Crippen molar-refractivity contribution in [1.82, 2.24) is 20.4 Å². The Balaban J connectivity index is 1.49. The minimum Gasteiger partial charge on any atom is -0.497 e. The summed E-state index contributed by atoms with van der Waals surface area (Å²) in [4.78, 5) is 26.3. The number of hydrogen-bond donors (Lipinski definition) is 3. The highest BCUT2D eigenvalue weighted by molar-refractivity contribution is 6.30. The lowest BCUT2D eigenvalue weighted by molar-refractivity contribution is -0.143. The first kappa shape index (κ1) is 29.5. The van der Waals surface area contributed by atoms with E-state index in [2.05, 4.69) is 21.0 Å². The molecule has 3 aromatic carbocycles. The lowest BCUT2D eigenvalue weighted by Crippen LogP contribution is -2.49. The number of carbonyl (C=O) groups is 2. The second-order valence-corrected chi connectivity index (χ2v) is 9.39. The summed E-state index contributed by atoms with van der Waals surface area (Å²) in [7, 11) is 1.57. The van der Waals surface area contributed by atoms with Gasteiger partial charge in [-0.3, -0.25) is 9.59 Å². The van der Waals surface area contributed by atoms with Crippen LogP contribution >= 0.6 is 11.6 Å². The number of nitrogens with zero attached hydrogens (tertiary/aromatic N) is 2. The van der Waals surface area contributed by atoms with E-state index in [0.717, 1.165) is 17.4 Å². The Morgan fingerprint density at radius 2 is 1.66 bits per heavy atom. The Hall–Kier alpha value is -4.51. The van der Waals surface area contributed by atoms with E-state index >= 15 is 0 Å². The topological polar surface area (TPSA) is 97.3 Å². The number of aromatic nitrogens is 2. The molecule has 4 rings (SSSR count). The molecule has 4 aromatic rings. The molecule has 0 spiro atoms. The zero-order chi connectivity index (χ0) is 29.4. The third-order valence-corrected chi connectivity index (χ3v) is 6.35. The van der Waals surface area contributed by atoms with Crippen LogP contribution in [0.1, 0.15) is 21.6 Å². The van der Waals surface area contributed by atoms with Crippen LogP contribution in [0.3, 0.4) is 0 Å². The number of alkyl halides is 3. The van der Waals surface area contributed by atoms with E-state index in [1.165, 1.54) is 24.3 Å². The van der Waals surface area contributed by atoms with Gasteiger partial charge in [-0.2, -0.15) is 18.3 Å². The van der Waals surface area contributed by atoms with Crippen LogP contribution in [-0.2, 0) is 17.4 Å². The summed E-state index contributed by atoms with van der Waals surface area (Å²) < 4.78 is 48.2. The van der Waals surface area contributed by atoms with E-state index in [0.29, 0.717) is 22.0 Å². The number of methoxy groups -OCH3 is 1. The van der Waals surface area contributed by atoms with Crippen molar-refractivity contribution in [2.45, 2.75) is 18.6 Å². The van der Waals surface area contributed by atoms with Crippen molar-refractivity contribution in [3.63, 3.8) is 0 Å². The molecule has 1 atom stereocenters. The predicted molar refractivity (Wildman–Crippen MR) is 149 cm³/mol. The first-order chi connectivity index (χ1) is 19.7. The molecule has 0 aliphatic carbocycles. The summed E-state index contributed by atoms with van der Waals surface area (Å²) >= 11 is 5.86. The summed E-state index contributed by atoms with van der Waals surface area (Å²) in [6, 6.07) is 20.5. The second-order valence-electron chi connectivity index (χ2n) is 8.95. The fourth-order valence-corrected chi connectivity index (χ4v) is 4.21. The molecule has 0 saturated heterocycles. The van der Waals surface area contributed by atoms with Crippen molar-refractivity contribution in [2.75, 3.05) is 25.5 Å². The first-order valence-corrected chi connectivity index (χ1v) is 12.9. The van der Waals surface area contributed by atoms with Gasteiger partial charge in [0.2, 0.25) is 5.91 Å². The van der Waals surface area contributed by atoms with Gasteiger partial charge in [0.15, 0.2) is 5.69 Å². The van der Waals surface area contributed by atoms with Crippen molar-refractivity contribution in [3.8, 4) is 11.4 Å². The van der Waals surface area contributed by atoms with E-state index < -0.39 is 35.3 Å². The Morgan fingerprint density at radius 1 is 0.976 bits per heavy atom. The maximum absolute atomic E-state index is 14.1. The van der Waals surface area contributed by atoms with Gasteiger partial charge in [-0.25, -0.2) is 4.68 Å². The molecule has 2 amide bonds. The smallest absolute Gasteiger partial charge is 0.434 e. The highest BCUT2D eigenvalue weighted by Gasteiger charge is 2.41. The standard InChI is InChI=1S/C29H27ClF3N5O3/c1-41-23-13-9-21(10-14-23)34-15-16-35-28(40)25(17-19-5-3-2-4-6-19)37-27(39)24-18-36-38(26(24)29(31,32)33)22-11-7-20(30)8-12-22/h2-14,18,25,34H,15-17H2,1H3,(H,35,40)(H,37,39)/t25-/m0/s1. The minimum atomic E-state index is -4.91. The maximum Gasteiger partial charge on any atom is 0.434 e. The fraction of sp³-hybridized carbons (Fsp3) is 0.207. The molecule has 0 fully saturated rings. The number of carbonyl (C=O) groups excluding carboxylic acids is 2. The van der Waals surface area contributed by atoms with Gasteiger partial charge in [0.1, 0.15) is 11.8 Å². The van der Waals surface area contributed by atoms with Crippen molar-refractivity contribution in [2.24, 2.45) is 0 Å². The third-order valence-electron chi connectivity index (χ3n) is 6.10. The van der Waals surface area contributed by atoms with Crippen molar-refractivity contribution >= 4 is 29.1 Å². The van der Waals surface area contributed by atoms with Crippen LogP contribution in [0.2, 0.25) is 5.02 Å². The van der Waals surface area contributed by atoms with Crippen molar-refractivity contribution < 1.29 is 27.5 Å². The molecular weight excluding hydrogens is 559 g/mol. The Morgan fingerprint density at radius 3 is 2.29 bits per heavy atom. The average Bonchev–Trinajstić information content (AvgIpc) is 3.42. The number of halogens is 4. The Labute approximate surface area is 239 Å². The molecule has 0 bridgehead atoms. The molecular formula is C29H27ClF3N5O3. The van der Waals surface area contributed by atoms with Crippen LogP contribution in [0.25, 0.3) is 5.69 Å². The third kappa shape index (κ3) is 7.79. The number of rotatable bonds is 11. The number of anilines is 1. The van der Waals surface area contributed by atoms with E-state index in [1.807, 2.05) is 12.1 Å². The Kier molecular flexibility index (Phi) is 9.51. The molecule has 1 heterocycles. The van der Waals surface area contributed by atoms with Gasteiger partial charge >= 0.3 is 6.18 Å². The number of amides is 2. The van der Waals surface area contributed by atoms with Crippen LogP contribution in [0.15, 0.2) is 85.1 Å². The van der Waals surface area contributed by atoms with Crippen LogP contribution in [0.5, 0.6) is 5.75 Å². The van der Waals surface area contributed by atoms with Crippen molar-refractivity contribution in [1.29, 1.82) is 0 Å². The SMILES string of the molecule is COc1ccc(NCCNC(=O)[C@H](Cc2ccccc2)NC(=O)c2cnn(-c3ccc(Cl)cc3)c2C(F)(F)F)cc1. The summed E-state index contributed by atoms with van der Waals surface area (Å²) in [6.07, 6.45) is -4.01. The van der Waals surface area contributed by atoms with E-state index in [9.17, 15) is 22.8 Å². The monoisotopic (exact) mass is 585 g/mol.